The normalized spacial score (nSPS) is 13.1. The average molecular weight is 459 g/mol. The molecule has 0 aliphatic rings. The maximum Gasteiger partial charge on any atom is 0.252 e. The van der Waals surface area contributed by atoms with Crippen molar-refractivity contribution < 1.29 is 4.57 Å². The van der Waals surface area contributed by atoms with Gasteiger partial charge in [-0.05, 0) is 59.5 Å². The van der Waals surface area contributed by atoms with E-state index in [9.17, 15) is 0 Å². The summed E-state index contributed by atoms with van der Waals surface area (Å²) in [5, 5.41) is 6.37. The third-order valence-corrected chi connectivity index (χ3v) is 7.62. The number of aromatic nitrogens is 2. The molecule has 3 aromatic carbocycles. The maximum atomic E-state index is 7.84. The van der Waals surface area contributed by atoms with Gasteiger partial charge in [0.1, 0.15) is 7.05 Å². The molecule has 0 amide bonds. The highest BCUT2D eigenvalue weighted by molar-refractivity contribution is 6.25. The maximum absolute atomic E-state index is 7.84. The number of hydrogen-bond donors (Lipinski definition) is 0. The number of nitrogens with zero attached hydrogens (tertiary/aromatic N) is 3. The van der Waals surface area contributed by atoms with Crippen LogP contribution in [0.3, 0.4) is 0 Å². The topological polar surface area (TPSA) is 12.7 Å². The van der Waals surface area contributed by atoms with Crippen molar-refractivity contribution in [3.63, 3.8) is 0 Å². The zero-order valence-electron chi connectivity index (χ0n) is 21.7. The minimum Gasteiger partial charge on any atom is -0.307 e. The molecule has 174 valence electrons. The van der Waals surface area contributed by atoms with E-state index in [4.69, 9.17) is 6.57 Å². The first-order valence-corrected chi connectivity index (χ1v) is 12.4. The van der Waals surface area contributed by atoms with Crippen LogP contribution in [-0.2, 0) is 19.0 Å². The van der Waals surface area contributed by atoms with E-state index in [1.165, 1.54) is 60.1 Å². The summed E-state index contributed by atoms with van der Waals surface area (Å²) in [6.45, 7) is 21.0. The fraction of sp³-hybridized carbons (Fsp3) is 0.312. The number of aryl methyl sites for hydroxylation is 2. The Hall–Kier alpha value is -3.64. The molecule has 35 heavy (non-hydrogen) atoms. The Morgan fingerprint density at radius 2 is 1.66 bits per heavy atom. The molecule has 0 saturated heterocycles. The van der Waals surface area contributed by atoms with E-state index in [0.717, 1.165) is 12.0 Å². The van der Waals surface area contributed by atoms with E-state index >= 15 is 0 Å². The van der Waals surface area contributed by atoms with Crippen LogP contribution in [0, 0.1) is 18.9 Å². The second kappa shape index (κ2) is 6.95. The lowest BCUT2D eigenvalue weighted by molar-refractivity contribution is -0.643. The van der Waals surface area contributed by atoms with Gasteiger partial charge in [0.2, 0.25) is 5.52 Å². The van der Waals surface area contributed by atoms with Crippen LogP contribution >= 0.6 is 0 Å². The molecule has 6 aromatic rings. The molecule has 0 unspecified atom stereocenters. The van der Waals surface area contributed by atoms with Gasteiger partial charge in [-0.3, -0.25) is 0 Å². The summed E-state index contributed by atoms with van der Waals surface area (Å²) in [6.07, 6.45) is 3.20. The molecule has 0 N–H and O–H groups in total. The third-order valence-electron chi connectivity index (χ3n) is 7.62. The van der Waals surface area contributed by atoms with Crippen LogP contribution in [0.2, 0.25) is 0 Å². The van der Waals surface area contributed by atoms with E-state index < -0.39 is 5.54 Å². The second-order valence-corrected chi connectivity index (χ2v) is 12.0. The molecule has 0 saturated carbocycles. The molecule has 0 atom stereocenters. The molecular formula is C32H32N3+. The van der Waals surface area contributed by atoms with Gasteiger partial charge >= 0.3 is 0 Å². The van der Waals surface area contributed by atoms with E-state index in [1.54, 1.807) is 0 Å². The van der Waals surface area contributed by atoms with Crippen molar-refractivity contribution in [2.75, 3.05) is 0 Å². The van der Waals surface area contributed by atoms with Crippen LogP contribution in [-0.4, -0.2) is 4.40 Å². The first-order valence-electron chi connectivity index (χ1n) is 12.4. The quantitative estimate of drug-likeness (QED) is 0.108. The smallest absolute Gasteiger partial charge is 0.252 e. The van der Waals surface area contributed by atoms with Crippen molar-refractivity contribution in [2.24, 2.45) is 12.5 Å². The van der Waals surface area contributed by atoms with Crippen LogP contribution in [0.15, 0.2) is 54.7 Å². The van der Waals surface area contributed by atoms with Crippen LogP contribution < -0.4 is 4.57 Å². The van der Waals surface area contributed by atoms with Gasteiger partial charge in [0.15, 0.2) is 6.20 Å². The summed E-state index contributed by atoms with van der Waals surface area (Å²) in [6, 6.07) is 18.3. The Labute approximate surface area is 206 Å². The fourth-order valence-electron chi connectivity index (χ4n) is 5.90. The minimum atomic E-state index is -0.586. The monoisotopic (exact) mass is 458 g/mol. The highest BCUT2D eigenvalue weighted by atomic mass is 15.0. The summed E-state index contributed by atoms with van der Waals surface area (Å²) in [5.41, 5.74) is 8.33. The Balaban J connectivity index is 1.90. The molecular weight excluding hydrogens is 426 g/mol. The Morgan fingerprint density at radius 3 is 2.37 bits per heavy atom. The zero-order chi connectivity index (χ0) is 24.9. The molecule has 0 fully saturated rings. The van der Waals surface area contributed by atoms with Crippen molar-refractivity contribution in [3.05, 3.63) is 82.8 Å². The van der Waals surface area contributed by atoms with Gasteiger partial charge in [0.25, 0.3) is 5.54 Å². The Bertz CT molecular complexity index is 1850. The average Bonchev–Trinajstić information content (AvgIpc) is 3.12. The number of benzene rings is 3. The highest BCUT2D eigenvalue weighted by Crippen LogP contribution is 2.42. The molecule has 3 nitrogen and oxygen atoms in total. The summed E-state index contributed by atoms with van der Waals surface area (Å²) >= 11 is 0. The number of pyridine rings is 2. The predicted molar refractivity (Wildman–Crippen MR) is 147 cm³/mol. The van der Waals surface area contributed by atoms with Gasteiger partial charge in [-0.2, -0.15) is 0 Å². The number of fused-ring (bicyclic) bond motifs is 5. The summed E-state index contributed by atoms with van der Waals surface area (Å²) < 4.78 is 4.73. The minimum absolute atomic E-state index is 0.234. The molecule has 0 spiro atoms. The Morgan fingerprint density at radius 1 is 0.886 bits per heavy atom. The van der Waals surface area contributed by atoms with Crippen LogP contribution in [0.5, 0.6) is 0 Å². The van der Waals surface area contributed by atoms with Crippen LogP contribution in [0.4, 0.5) is 0 Å². The molecule has 0 radical (unpaired) electrons. The summed E-state index contributed by atoms with van der Waals surface area (Å²) in [5.74, 6) is 0. The SMILES string of the molecule is [C-]#[N+]C(C)(C)c1cc2cc[n+](C)c3c4c(C)ccc5c6cc(CC(C)(C)C)ccc6n(c(c1)c23)c54. The van der Waals surface area contributed by atoms with Gasteiger partial charge in [-0.1, -0.05) is 39.0 Å². The van der Waals surface area contributed by atoms with E-state index in [-0.39, 0.29) is 5.41 Å². The van der Waals surface area contributed by atoms with Gasteiger partial charge < -0.3 is 9.25 Å². The molecule has 3 aromatic heterocycles. The van der Waals surface area contributed by atoms with Crippen molar-refractivity contribution in [1.82, 2.24) is 4.40 Å². The number of hydrogen-bond acceptors (Lipinski definition) is 0. The van der Waals surface area contributed by atoms with Gasteiger partial charge in [-0.25, -0.2) is 11.1 Å². The largest absolute Gasteiger partial charge is 0.307 e. The van der Waals surface area contributed by atoms with Crippen LogP contribution in [0.1, 0.15) is 51.3 Å². The molecule has 3 heteroatoms. The van der Waals surface area contributed by atoms with Crippen molar-refractivity contribution >= 4 is 49.0 Å². The highest BCUT2D eigenvalue weighted by Gasteiger charge is 2.30. The standard InChI is InChI=1S/C32H32N3/c1-19-9-11-23-24-15-20(18-31(2,3)4)10-12-25(24)35-26-17-22(32(5,6)33-7)16-21-13-14-34(8)30(28(21)26)27(19)29(23)35/h9-17H,18H2,1-6,8H3/q+1. The van der Waals surface area contributed by atoms with E-state index in [0.29, 0.717) is 0 Å². The molecule has 3 heterocycles. The first kappa shape index (κ1) is 21.9. The summed E-state index contributed by atoms with van der Waals surface area (Å²) in [4.78, 5) is 3.97. The molecule has 0 bridgehead atoms. The lowest BCUT2D eigenvalue weighted by Gasteiger charge is -2.18. The molecule has 0 aliphatic carbocycles. The lowest BCUT2D eigenvalue weighted by atomic mass is 9.88. The van der Waals surface area contributed by atoms with Crippen molar-refractivity contribution in [1.29, 1.82) is 0 Å². The van der Waals surface area contributed by atoms with Crippen LogP contribution in [0.25, 0.3) is 53.8 Å². The second-order valence-electron chi connectivity index (χ2n) is 12.0. The molecule has 0 aliphatic heterocycles. The van der Waals surface area contributed by atoms with Gasteiger partial charge in [0.05, 0.1) is 27.3 Å². The predicted octanol–water partition coefficient (Wildman–Crippen LogP) is 7.87. The van der Waals surface area contributed by atoms with E-state index in [2.05, 4.69) is 103 Å². The fourth-order valence-corrected chi connectivity index (χ4v) is 5.90. The lowest BCUT2D eigenvalue weighted by Crippen LogP contribution is -2.29. The molecule has 6 rings (SSSR count). The third kappa shape index (κ3) is 3.06. The van der Waals surface area contributed by atoms with E-state index in [1.807, 2.05) is 13.8 Å². The van der Waals surface area contributed by atoms with Crippen molar-refractivity contribution in [2.45, 2.75) is 53.5 Å². The van der Waals surface area contributed by atoms with Gasteiger partial charge in [-0.15, -0.1) is 0 Å². The Kier molecular flexibility index (Phi) is 4.34. The number of rotatable bonds is 2. The van der Waals surface area contributed by atoms with Gasteiger partial charge in [0, 0.05) is 36.2 Å². The first-order chi connectivity index (χ1) is 16.5. The zero-order valence-corrected chi connectivity index (χ0v) is 21.7. The van der Waals surface area contributed by atoms with Crippen molar-refractivity contribution in [3.8, 4) is 0 Å². The summed E-state index contributed by atoms with van der Waals surface area (Å²) in [7, 11) is 2.15.